The van der Waals surface area contributed by atoms with E-state index in [0.717, 1.165) is 25.6 Å². The topological polar surface area (TPSA) is 38.5 Å². The zero-order valence-corrected chi connectivity index (χ0v) is 14.1. The standard InChI is InChI=1S/C17H34N2O/c1-12-10-19(11-13(2)20-12)16-8-15(17(3,4)5)7-6-14(16)9-18/h12-16H,6-11,18H2,1-5H3/t12-,13+,14?,15?,16?. The van der Waals surface area contributed by atoms with E-state index >= 15 is 0 Å². The van der Waals surface area contributed by atoms with Crippen LogP contribution in [-0.4, -0.2) is 42.8 Å². The van der Waals surface area contributed by atoms with Gasteiger partial charge in [-0.25, -0.2) is 0 Å². The summed E-state index contributed by atoms with van der Waals surface area (Å²) < 4.78 is 5.90. The van der Waals surface area contributed by atoms with Crippen LogP contribution in [0.15, 0.2) is 0 Å². The molecule has 1 aliphatic heterocycles. The smallest absolute Gasteiger partial charge is 0.0678 e. The van der Waals surface area contributed by atoms with E-state index in [0.29, 0.717) is 29.6 Å². The predicted molar refractivity (Wildman–Crippen MR) is 84.7 cm³/mol. The van der Waals surface area contributed by atoms with Crippen LogP contribution in [-0.2, 0) is 4.74 Å². The fourth-order valence-electron chi connectivity index (χ4n) is 4.21. The van der Waals surface area contributed by atoms with Crippen molar-refractivity contribution in [1.29, 1.82) is 0 Å². The number of hydrogen-bond acceptors (Lipinski definition) is 3. The first-order valence-corrected chi connectivity index (χ1v) is 8.40. The molecule has 2 N–H and O–H groups in total. The summed E-state index contributed by atoms with van der Waals surface area (Å²) in [5.41, 5.74) is 6.48. The van der Waals surface area contributed by atoms with Gasteiger partial charge in [0.25, 0.3) is 0 Å². The Balaban J connectivity index is 2.08. The van der Waals surface area contributed by atoms with Crippen LogP contribution >= 0.6 is 0 Å². The minimum Gasteiger partial charge on any atom is -0.373 e. The highest BCUT2D eigenvalue weighted by molar-refractivity contribution is 4.93. The van der Waals surface area contributed by atoms with Gasteiger partial charge in [0, 0.05) is 19.1 Å². The first kappa shape index (κ1) is 16.3. The second kappa shape index (κ2) is 6.33. The van der Waals surface area contributed by atoms with Crippen LogP contribution in [0.2, 0.25) is 0 Å². The molecule has 3 heteroatoms. The Bertz CT molecular complexity index is 303. The number of nitrogens with two attached hydrogens (primary N) is 1. The monoisotopic (exact) mass is 282 g/mol. The van der Waals surface area contributed by atoms with E-state index in [4.69, 9.17) is 10.5 Å². The lowest BCUT2D eigenvalue weighted by molar-refractivity contribution is -0.0970. The molecule has 1 saturated carbocycles. The molecule has 2 rings (SSSR count). The third-order valence-electron chi connectivity index (χ3n) is 5.40. The van der Waals surface area contributed by atoms with E-state index in [1.807, 2.05) is 0 Å². The molecule has 0 aromatic heterocycles. The average molecular weight is 282 g/mol. The van der Waals surface area contributed by atoms with Crippen LogP contribution in [0.4, 0.5) is 0 Å². The van der Waals surface area contributed by atoms with Gasteiger partial charge in [-0.15, -0.1) is 0 Å². The van der Waals surface area contributed by atoms with Crippen LogP contribution in [0.5, 0.6) is 0 Å². The SMILES string of the molecule is C[C@@H]1CN(C2CC(C(C)(C)C)CCC2CN)C[C@H](C)O1. The van der Waals surface area contributed by atoms with Crippen LogP contribution in [0.1, 0.15) is 53.9 Å². The highest BCUT2D eigenvalue weighted by atomic mass is 16.5. The van der Waals surface area contributed by atoms with Gasteiger partial charge in [0.2, 0.25) is 0 Å². The van der Waals surface area contributed by atoms with Crippen molar-refractivity contribution in [3.63, 3.8) is 0 Å². The minimum atomic E-state index is 0.354. The molecule has 5 atom stereocenters. The molecule has 3 nitrogen and oxygen atoms in total. The first-order chi connectivity index (χ1) is 9.31. The largest absolute Gasteiger partial charge is 0.373 e. The minimum absolute atomic E-state index is 0.354. The second-order valence-corrected chi connectivity index (χ2v) is 8.15. The summed E-state index contributed by atoms with van der Waals surface area (Å²) in [6, 6.07) is 0.659. The van der Waals surface area contributed by atoms with Crippen LogP contribution in [0, 0.1) is 17.3 Å². The highest BCUT2D eigenvalue weighted by Crippen LogP contribution is 2.41. The number of nitrogens with zero attached hydrogens (tertiary/aromatic N) is 1. The average Bonchev–Trinajstić information content (AvgIpc) is 2.35. The quantitative estimate of drug-likeness (QED) is 0.846. The summed E-state index contributed by atoms with van der Waals surface area (Å²) in [5, 5.41) is 0. The molecule has 0 spiro atoms. The molecule has 0 aromatic rings. The van der Waals surface area contributed by atoms with Gasteiger partial charge in [0.1, 0.15) is 0 Å². The summed E-state index contributed by atoms with van der Waals surface area (Å²) in [5.74, 6) is 1.50. The van der Waals surface area contributed by atoms with Crippen molar-refractivity contribution in [3.05, 3.63) is 0 Å². The molecule has 0 radical (unpaired) electrons. The van der Waals surface area contributed by atoms with Gasteiger partial charge in [-0.2, -0.15) is 0 Å². The fourth-order valence-corrected chi connectivity index (χ4v) is 4.21. The van der Waals surface area contributed by atoms with Crippen molar-refractivity contribution in [2.45, 2.75) is 72.1 Å². The molecule has 0 aromatic carbocycles. The molecule has 0 bridgehead atoms. The van der Waals surface area contributed by atoms with Gasteiger partial charge in [-0.05, 0) is 56.9 Å². The predicted octanol–water partition coefficient (Wildman–Crippen LogP) is 2.89. The Morgan fingerprint density at radius 3 is 2.20 bits per heavy atom. The van der Waals surface area contributed by atoms with Gasteiger partial charge in [0.05, 0.1) is 12.2 Å². The Kier molecular flexibility index (Phi) is 5.14. The lowest BCUT2D eigenvalue weighted by atomic mass is 9.67. The lowest BCUT2D eigenvalue weighted by Crippen LogP contribution is -2.55. The molecule has 1 saturated heterocycles. The van der Waals surface area contributed by atoms with E-state index in [1.54, 1.807) is 0 Å². The molecule has 20 heavy (non-hydrogen) atoms. The van der Waals surface area contributed by atoms with Gasteiger partial charge >= 0.3 is 0 Å². The lowest BCUT2D eigenvalue weighted by Gasteiger charge is -2.49. The third-order valence-corrected chi connectivity index (χ3v) is 5.40. The number of ether oxygens (including phenoxy) is 1. The van der Waals surface area contributed by atoms with E-state index in [9.17, 15) is 0 Å². The van der Waals surface area contributed by atoms with Gasteiger partial charge in [0.15, 0.2) is 0 Å². The molecule has 0 amide bonds. The molecule has 3 unspecified atom stereocenters. The molecule has 2 aliphatic rings. The van der Waals surface area contributed by atoms with Crippen molar-refractivity contribution in [2.24, 2.45) is 23.0 Å². The normalized spacial score (nSPS) is 40.8. The zero-order chi connectivity index (χ0) is 14.9. The molecular weight excluding hydrogens is 248 g/mol. The number of hydrogen-bond donors (Lipinski definition) is 1. The second-order valence-electron chi connectivity index (χ2n) is 8.15. The maximum absolute atomic E-state index is 6.07. The summed E-state index contributed by atoms with van der Waals surface area (Å²) in [4.78, 5) is 2.67. The summed E-state index contributed by atoms with van der Waals surface area (Å²) in [6.07, 6.45) is 4.66. The maximum Gasteiger partial charge on any atom is 0.0678 e. The maximum atomic E-state index is 6.07. The van der Waals surface area contributed by atoms with Crippen molar-refractivity contribution >= 4 is 0 Å². The zero-order valence-electron chi connectivity index (χ0n) is 14.1. The number of rotatable bonds is 2. The molecule has 1 heterocycles. The van der Waals surface area contributed by atoms with Crippen molar-refractivity contribution < 1.29 is 4.74 Å². The molecule has 2 fully saturated rings. The van der Waals surface area contributed by atoms with Crippen LogP contribution < -0.4 is 5.73 Å². The Labute approximate surface area is 125 Å². The van der Waals surface area contributed by atoms with Crippen LogP contribution in [0.3, 0.4) is 0 Å². The molecular formula is C17H34N2O. The Hall–Kier alpha value is -0.120. The molecule has 118 valence electrons. The molecule has 1 aliphatic carbocycles. The number of morpholine rings is 1. The van der Waals surface area contributed by atoms with Gasteiger partial charge in [-0.3, -0.25) is 4.90 Å². The Morgan fingerprint density at radius 2 is 1.70 bits per heavy atom. The van der Waals surface area contributed by atoms with Crippen molar-refractivity contribution in [2.75, 3.05) is 19.6 Å². The first-order valence-electron chi connectivity index (χ1n) is 8.40. The van der Waals surface area contributed by atoms with Gasteiger partial charge < -0.3 is 10.5 Å². The van der Waals surface area contributed by atoms with Crippen molar-refractivity contribution in [1.82, 2.24) is 4.90 Å². The van der Waals surface area contributed by atoms with E-state index in [2.05, 4.69) is 39.5 Å². The van der Waals surface area contributed by atoms with E-state index in [1.165, 1.54) is 19.3 Å². The van der Waals surface area contributed by atoms with E-state index < -0.39 is 0 Å². The van der Waals surface area contributed by atoms with Gasteiger partial charge in [-0.1, -0.05) is 20.8 Å². The summed E-state index contributed by atoms with van der Waals surface area (Å²) in [7, 11) is 0. The fraction of sp³-hybridized carbons (Fsp3) is 1.00. The Morgan fingerprint density at radius 1 is 1.10 bits per heavy atom. The highest BCUT2D eigenvalue weighted by Gasteiger charge is 2.39. The summed E-state index contributed by atoms with van der Waals surface area (Å²) in [6.45, 7) is 14.5. The van der Waals surface area contributed by atoms with Crippen LogP contribution in [0.25, 0.3) is 0 Å². The van der Waals surface area contributed by atoms with Crippen molar-refractivity contribution in [3.8, 4) is 0 Å². The summed E-state index contributed by atoms with van der Waals surface area (Å²) >= 11 is 0. The van der Waals surface area contributed by atoms with E-state index in [-0.39, 0.29) is 0 Å². The third kappa shape index (κ3) is 3.75.